The number of amides is 1. The van der Waals surface area contributed by atoms with Gasteiger partial charge < -0.3 is 9.80 Å². The number of rotatable bonds is 5. The minimum Gasteiger partial charge on any atom is -0.353 e. The Balaban J connectivity index is 1.18. The van der Waals surface area contributed by atoms with Crippen molar-refractivity contribution in [3.8, 4) is 0 Å². The second kappa shape index (κ2) is 8.48. The van der Waals surface area contributed by atoms with Crippen LogP contribution < -0.4 is 4.90 Å². The van der Waals surface area contributed by atoms with E-state index in [0.717, 1.165) is 24.5 Å². The van der Waals surface area contributed by atoms with Crippen LogP contribution in [0.4, 0.5) is 5.82 Å². The van der Waals surface area contributed by atoms with E-state index in [4.69, 9.17) is 4.98 Å². The van der Waals surface area contributed by atoms with Gasteiger partial charge in [-0.25, -0.2) is 13.4 Å². The normalized spacial score (nSPS) is 21.2. The summed E-state index contributed by atoms with van der Waals surface area (Å²) in [5.41, 5.74) is 4.12. The van der Waals surface area contributed by atoms with Crippen LogP contribution in [0.3, 0.4) is 0 Å². The van der Waals surface area contributed by atoms with Gasteiger partial charge in [-0.05, 0) is 60.9 Å². The van der Waals surface area contributed by atoms with Crippen molar-refractivity contribution in [3.63, 3.8) is 0 Å². The number of aryl methyl sites for hydroxylation is 1. The fraction of sp³-hybridized carbons (Fsp3) is 0.500. The largest absolute Gasteiger partial charge is 0.353 e. The molecule has 7 nitrogen and oxygen atoms in total. The van der Waals surface area contributed by atoms with Crippen LogP contribution in [-0.2, 0) is 16.6 Å². The van der Waals surface area contributed by atoms with Crippen molar-refractivity contribution in [2.24, 2.45) is 0 Å². The van der Waals surface area contributed by atoms with Crippen LogP contribution in [0.1, 0.15) is 52.2 Å². The van der Waals surface area contributed by atoms with E-state index < -0.39 is 10.0 Å². The Kier molecular flexibility index (Phi) is 5.67. The van der Waals surface area contributed by atoms with Gasteiger partial charge in [-0.2, -0.15) is 4.31 Å². The second-order valence-electron chi connectivity index (χ2n) is 9.16. The van der Waals surface area contributed by atoms with Gasteiger partial charge in [-0.15, -0.1) is 0 Å². The number of sulfonamides is 1. The van der Waals surface area contributed by atoms with Crippen LogP contribution >= 0.6 is 0 Å². The van der Waals surface area contributed by atoms with Crippen molar-refractivity contribution in [1.29, 1.82) is 0 Å². The number of piperazine rings is 1. The van der Waals surface area contributed by atoms with E-state index in [-0.39, 0.29) is 11.7 Å². The van der Waals surface area contributed by atoms with E-state index in [2.05, 4.69) is 17.9 Å². The topological polar surface area (TPSA) is 73.8 Å². The molecule has 32 heavy (non-hydrogen) atoms. The van der Waals surface area contributed by atoms with Gasteiger partial charge in [0.15, 0.2) is 0 Å². The molecule has 3 aliphatic rings. The van der Waals surface area contributed by atoms with Crippen molar-refractivity contribution in [1.82, 2.24) is 14.2 Å². The smallest absolute Gasteiger partial charge is 0.253 e. The molecule has 2 aliphatic heterocycles. The zero-order valence-electron chi connectivity index (χ0n) is 18.5. The van der Waals surface area contributed by atoms with E-state index >= 15 is 0 Å². The highest BCUT2D eigenvalue weighted by atomic mass is 32.2. The summed E-state index contributed by atoms with van der Waals surface area (Å²) in [6.07, 6.45) is 5.26. The Bertz CT molecular complexity index is 1100. The summed E-state index contributed by atoms with van der Waals surface area (Å²) < 4.78 is 25.5. The highest BCUT2D eigenvalue weighted by molar-refractivity contribution is 7.89. The van der Waals surface area contributed by atoms with Gasteiger partial charge in [0, 0.05) is 51.0 Å². The molecule has 0 atom stereocenters. The number of nitrogens with zero attached hydrogens (tertiary/aromatic N) is 4. The molecule has 5 rings (SSSR count). The summed E-state index contributed by atoms with van der Waals surface area (Å²) in [5, 5.41) is 0. The summed E-state index contributed by atoms with van der Waals surface area (Å²) in [6, 6.07) is 9.63. The second-order valence-corrected chi connectivity index (χ2v) is 11.3. The minimum atomic E-state index is -3.12. The van der Waals surface area contributed by atoms with Crippen LogP contribution in [-0.4, -0.2) is 67.0 Å². The number of hydrogen-bond donors (Lipinski definition) is 0. The molecule has 1 aromatic heterocycles. The molecule has 3 fully saturated rings. The highest BCUT2D eigenvalue weighted by Crippen LogP contribution is 2.40. The Hall–Kier alpha value is -2.45. The third kappa shape index (κ3) is 4.38. The molecule has 1 amide bonds. The molecule has 8 heteroatoms. The van der Waals surface area contributed by atoms with Crippen LogP contribution in [0, 0.1) is 6.92 Å². The summed E-state index contributed by atoms with van der Waals surface area (Å²) in [4.78, 5) is 21.9. The van der Waals surface area contributed by atoms with Gasteiger partial charge in [0.25, 0.3) is 5.91 Å². The van der Waals surface area contributed by atoms with Crippen molar-refractivity contribution in [2.45, 2.75) is 38.6 Å². The number of benzene rings is 1. The molecule has 2 aromatic rings. The van der Waals surface area contributed by atoms with Gasteiger partial charge in [0.05, 0.1) is 5.75 Å². The average Bonchev–Trinajstić information content (AvgIpc) is 3.59. The molecule has 170 valence electrons. The molecule has 1 aromatic carbocycles. The van der Waals surface area contributed by atoms with Gasteiger partial charge in [0.1, 0.15) is 5.82 Å². The average molecular weight is 455 g/mol. The van der Waals surface area contributed by atoms with Crippen LogP contribution in [0.5, 0.6) is 0 Å². The maximum Gasteiger partial charge on any atom is 0.253 e. The van der Waals surface area contributed by atoms with E-state index in [1.165, 1.54) is 28.3 Å². The molecule has 0 bridgehead atoms. The van der Waals surface area contributed by atoms with Crippen molar-refractivity contribution in [2.75, 3.05) is 43.4 Å². The summed E-state index contributed by atoms with van der Waals surface area (Å²) in [5.74, 6) is 1.99. The van der Waals surface area contributed by atoms with E-state index in [0.29, 0.717) is 44.1 Å². The lowest BCUT2D eigenvalue weighted by Gasteiger charge is -2.36. The molecule has 0 radical (unpaired) electrons. The van der Waals surface area contributed by atoms with E-state index in [1.807, 2.05) is 35.4 Å². The number of aromatic nitrogens is 1. The molecule has 0 N–H and O–H groups in total. The first-order valence-corrected chi connectivity index (χ1v) is 13.1. The molecule has 2 saturated heterocycles. The number of carbonyl (C=O) groups excluding carboxylic acids is 1. The van der Waals surface area contributed by atoms with Gasteiger partial charge in [-0.3, -0.25) is 4.79 Å². The Morgan fingerprint density at radius 2 is 1.78 bits per heavy atom. The quantitative estimate of drug-likeness (QED) is 0.695. The predicted molar refractivity (Wildman–Crippen MR) is 124 cm³/mol. The molecular weight excluding hydrogens is 424 g/mol. The maximum atomic E-state index is 13.0. The van der Waals surface area contributed by atoms with E-state index in [1.54, 1.807) is 0 Å². The zero-order chi connectivity index (χ0) is 22.3. The Labute approximate surface area is 190 Å². The van der Waals surface area contributed by atoms with Crippen molar-refractivity contribution in [3.05, 3.63) is 58.8 Å². The number of pyridine rings is 1. The first-order valence-electron chi connectivity index (χ1n) is 11.5. The Morgan fingerprint density at radius 3 is 2.38 bits per heavy atom. The lowest BCUT2D eigenvalue weighted by atomic mass is 10.1. The number of carbonyl (C=O) groups is 1. The fourth-order valence-electron chi connectivity index (χ4n) is 4.69. The van der Waals surface area contributed by atoms with Gasteiger partial charge in [0.2, 0.25) is 10.0 Å². The van der Waals surface area contributed by atoms with Gasteiger partial charge in [-0.1, -0.05) is 18.2 Å². The zero-order valence-corrected chi connectivity index (χ0v) is 19.4. The van der Waals surface area contributed by atoms with Crippen LogP contribution in [0.15, 0.2) is 36.5 Å². The summed E-state index contributed by atoms with van der Waals surface area (Å²) in [6.45, 7) is 5.95. The standard InChI is InChI=1S/C24H30N4O3S/c1-18-15-22(20-7-8-20)16-25-23(18)26-10-12-27(13-11-26)24(29)21-5-3-19(4-6-21)17-28-9-2-14-32(28,30)31/h3-6,15-16,20H,2,7-14,17H2,1H3. The maximum absolute atomic E-state index is 13.0. The Morgan fingerprint density at radius 1 is 1.06 bits per heavy atom. The third-order valence-electron chi connectivity index (χ3n) is 6.75. The molecule has 3 heterocycles. The monoisotopic (exact) mass is 454 g/mol. The van der Waals surface area contributed by atoms with Crippen molar-refractivity contribution < 1.29 is 13.2 Å². The first-order chi connectivity index (χ1) is 15.4. The van der Waals surface area contributed by atoms with Crippen molar-refractivity contribution >= 4 is 21.7 Å². The molecule has 0 spiro atoms. The van der Waals surface area contributed by atoms with Crippen LogP contribution in [0.25, 0.3) is 0 Å². The van der Waals surface area contributed by atoms with Crippen LogP contribution in [0.2, 0.25) is 0 Å². The molecule has 1 saturated carbocycles. The lowest BCUT2D eigenvalue weighted by molar-refractivity contribution is 0.0746. The minimum absolute atomic E-state index is 0.0266. The summed E-state index contributed by atoms with van der Waals surface area (Å²) >= 11 is 0. The third-order valence-corrected chi connectivity index (χ3v) is 8.65. The molecular formula is C24H30N4O3S. The van der Waals surface area contributed by atoms with E-state index in [9.17, 15) is 13.2 Å². The molecule has 1 aliphatic carbocycles. The summed E-state index contributed by atoms with van der Waals surface area (Å²) in [7, 11) is -3.12. The number of anilines is 1. The van der Waals surface area contributed by atoms with Gasteiger partial charge >= 0.3 is 0 Å². The SMILES string of the molecule is Cc1cc(C2CC2)cnc1N1CCN(C(=O)c2ccc(CN3CCCS3(=O)=O)cc2)CC1. The first kappa shape index (κ1) is 21.4. The molecule has 0 unspecified atom stereocenters. The fourth-order valence-corrected chi connectivity index (χ4v) is 6.19. The predicted octanol–water partition coefficient (Wildman–Crippen LogP) is 2.77. The highest BCUT2D eigenvalue weighted by Gasteiger charge is 2.29. The number of hydrogen-bond acceptors (Lipinski definition) is 5. The lowest BCUT2D eigenvalue weighted by Crippen LogP contribution is -2.49.